The van der Waals surface area contributed by atoms with Crippen molar-refractivity contribution in [2.24, 2.45) is 11.1 Å². The second kappa shape index (κ2) is 8.13. The molecule has 0 fully saturated rings. The highest BCUT2D eigenvalue weighted by atomic mass is 16.1. The van der Waals surface area contributed by atoms with Crippen molar-refractivity contribution in [3.8, 4) is 0 Å². The van der Waals surface area contributed by atoms with Crippen LogP contribution in [0, 0.1) is 5.41 Å². The number of primary amides is 1. The van der Waals surface area contributed by atoms with Crippen molar-refractivity contribution in [3.05, 3.63) is 59.2 Å². The van der Waals surface area contributed by atoms with Gasteiger partial charge < -0.3 is 16.0 Å². The second-order valence-corrected chi connectivity index (χ2v) is 8.62. The van der Waals surface area contributed by atoms with Gasteiger partial charge in [0.25, 0.3) is 0 Å². The maximum Gasteiger partial charge on any atom is 0.248 e. The number of rotatable bonds is 6. The average Bonchev–Trinajstić information content (AvgIpc) is 2.64. The van der Waals surface area contributed by atoms with E-state index in [2.05, 4.69) is 55.3 Å². The average molecular weight is 366 g/mol. The molecule has 27 heavy (non-hydrogen) atoms. The maximum absolute atomic E-state index is 11.4. The molecule has 4 heteroatoms. The number of nitrogens with two attached hydrogens (primary N) is 1. The first kappa shape index (κ1) is 19.4. The molecule has 1 aliphatic rings. The molecule has 1 heterocycles. The van der Waals surface area contributed by atoms with Gasteiger partial charge in [-0.3, -0.25) is 4.79 Å². The molecule has 0 atom stereocenters. The Morgan fingerprint density at radius 1 is 1.15 bits per heavy atom. The van der Waals surface area contributed by atoms with Crippen LogP contribution < -0.4 is 16.0 Å². The molecule has 0 aliphatic carbocycles. The van der Waals surface area contributed by atoms with E-state index < -0.39 is 0 Å². The number of hydrogen-bond acceptors (Lipinski definition) is 3. The Balaban J connectivity index is 1.67. The van der Waals surface area contributed by atoms with Gasteiger partial charge >= 0.3 is 0 Å². The fourth-order valence-electron chi connectivity index (χ4n) is 3.51. The number of nitrogens with zero attached hydrogens (tertiary/aromatic N) is 1. The summed E-state index contributed by atoms with van der Waals surface area (Å²) in [7, 11) is 0. The van der Waals surface area contributed by atoms with E-state index in [-0.39, 0.29) is 5.91 Å². The fourth-order valence-corrected chi connectivity index (χ4v) is 3.51. The molecule has 0 saturated heterocycles. The van der Waals surface area contributed by atoms with Gasteiger partial charge in [0.05, 0.1) is 0 Å². The minimum Gasteiger partial charge on any atom is -0.366 e. The van der Waals surface area contributed by atoms with Crippen molar-refractivity contribution < 1.29 is 4.79 Å². The van der Waals surface area contributed by atoms with Gasteiger partial charge in [0.15, 0.2) is 0 Å². The summed E-state index contributed by atoms with van der Waals surface area (Å²) in [4.78, 5) is 13.8. The summed E-state index contributed by atoms with van der Waals surface area (Å²) in [5.74, 6) is -0.363. The summed E-state index contributed by atoms with van der Waals surface area (Å²) in [6.45, 7) is 9.74. The van der Waals surface area contributed by atoms with Gasteiger partial charge in [0.2, 0.25) is 5.91 Å². The Kier molecular flexibility index (Phi) is 5.85. The Morgan fingerprint density at radius 2 is 1.89 bits per heavy atom. The second-order valence-electron chi connectivity index (χ2n) is 8.62. The summed E-state index contributed by atoms with van der Waals surface area (Å²) in [5.41, 5.74) is 11.3. The van der Waals surface area contributed by atoms with Gasteiger partial charge in [0, 0.05) is 30.0 Å². The van der Waals surface area contributed by atoms with Gasteiger partial charge in [-0.25, -0.2) is 0 Å². The van der Waals surface area contributed by atoms with Gasteiger partial charge in [-0.2, -0.15) is 0 Å². The normalized spacial score (nSPS) is 14.1. The number of hydrogen-bond donors (Lipinski definition) is 2. The first-order valence-electron chi connectivity index (χ1n) is 9.83. The first-order chi connectivity index (χ1) is 12.8. The molecule has 3 N–H and O–H groups in total. The third-order valence-corrected chi connectivity index (χ3v) is 5.11. The van der Waals surface area contributed by atoms with Crippen molar-refractivity contribution in [1.82, 2.24) is 5.32 Å². The molecular formula is C23H31N3O. The van der Waals surface area contributed by atoms with Crippen LogP contribution >= 0.6 is 0 Å². The van der Waals surface area contributed by atoms with Crippen LogP contribution in [0.15, 0.2) is 42.5 Å². The van der Waals surface area contributed by atoms with E-state index in [1.54, 1.807) is 0 Å². The number of carbonyl (C=O) groups excluding carboxylic acids is 1. The van der Waals surface area contributed by atoms with Gasteiger partial charge in [-0.1, -0.05) is 32.9 Å². The van der Waals surface area contributed by atoms with Crippen LogP contribution in [-0.4, -0.2) is 19.0 Å². The number of carbonyl (C=O) groups is 1. The van der Waals surface area contributed by atoms with Crippen molar-refractivity contribution >= 4 is 17.3 Å². The van der Waals surface area contributed by atoms with E-state index in [9.17, 15) is 4.79 Å². The molecule has 2 aromatic rings. The van der Waals surface area contributed by atoms with Crippen LogP contribution in [0.25, 0.3) is 0 Å². The Hall–Kier alpha value is -2.33. The number of amides is 1. The lowest BCUT2D eigenvalue weighted by atomic mass is 9.92. The lowest BCUT2D eigenvalue weighted by molar-refractivity contribution is 0.1000. The Bertz CT molecular complexity index is 790. The molecule has 1 aliphatic heterocycles. The van der Waals surface area contributed by atoms with Gasteiger partial charge in [0.1, 0.15) is 0 Å². The minimum absolute atomic E-state index is 0.363. The van der Waals surface area contributed by atoms with Crippen molar-refractivity contribution in [1.29, 1.82) is 0 Å². The zero-order valence-corrected chi connectivity index (χ0v) is 16.7. The van der Waals surface area contributed by atoms with E-state index >= 15 is 0 Å². The summed E-state index contributed by atoms with van der Waals surface area (Å²) in [6.07, 6.45) is 3.23. The summed E-state index contributed by atoms with van der Waals surface area (Å²) >= 11 is 0. The number of aryl methyl sites for hydroxylation is 1. The molecule has 0 spiro atoms. The molecular weight excluding hydrogens is 334 g/mol. The number of anilines is 2. The van der Waals surface area contributed by atoms with E-state index in [4.69, 9.17) is 5.73 Å². The molecule has 144 valence electrons. The van der Waals surface area contributed by atoms with Crippen LogP contribution in [0.5, 0.6) is 0 Å². The Labute approximate surface area is 162 Å². The van der Waals surface area contributed by atoms with E-state index in [1.807, 2.05) is 18.2 Å². The van der Waals surface area contributed by atoms with E-state index in [0.29, 0.717) is 11.0 Å². The molecule has 0 bridgehead atoms. The standard InChI is InChI=1S/C23H31N3O/c1-23(2,3)12-13-25-16-17-6-9-20(10-7-17)26-14-4-5-18-15-19(22(24)27)8-11-21(18)26/h6-11,15,25H,4-5,12-14,16H2,1-3H3,(H2,24,27). The third kappa shape index (κ3) is 5.10. The molecule has 1 amide bonds. The summed E-state index contributed by atoms with van der Waals surface area (Å²) in [6, 6.07) is 14.6. The minimum atomic E-state index is -0.363. The highest BCUT2D eigenvalue weighted by Crippen LogP contribution is 2.34. The monoisotopic (exact) mass is 365 g/mol. The highest BCUT2D eigenvalue weighted by molar-refractivity contribution is 5.93. The predicted octanol–water partition coefficient (Wildman–Crippen LogP) is 4.40. The molecule has 0 unspecified atom stereocenters. The Morgan fingerprint density at radius 3 is 2.56 bits per heavy atom. The highest BCUT2D eigenvalue weighted by Gasteiger charge is 2.19. The van der Waals surface area contributed by atoms with Crippen LogP contribution in [0.1, 0.15) is 55.1 Å². The van der Waals surface area contributed by atoms with E-state index in [0.717, 1.165) is 32.5 Å². The van der Waals surface area contributed by atoms with Crippen molar-refractivity contribution in [3.63, 3.8) is 0 Å². The fraction of sp³-hybridized carbons (Fsp3) is 0.435. The predicted molar refractivity (Wildman–Crippen MR) is 113 cm³/mol. The third-order valence-electron chi connectivity index (χ3n) is 5.11. The van der Waals surface area contributed by atoms with Crippen molar-refractivity contribution in [2.75, 3.05) is 18.0 Å². The quantitative estimate of drug-likeness (QED) is 0.746. The van der Waals surface area contributed by atoms with Gasteiger partial charge in [-0.05, 0) is 72.7 Å². The SMILES string of the molecule is CC(C)(C)CCNCc1ccc(N2CCCc3cc(C(N)=O)ccc32)cc1. The number of fused-ring (bicyclic) bond motifs is 1. The summed E-state index contributed by atoms with van der Waals surface area (Å²) < 4.78 is 0. The van der Waals surface area contributed by atoms with Crippen LogP contribution in [0.4, 0.5) is 11.4 Å². The molecule has 0 saturated carbocycles. The number of nitrogens with one attached hydrogen (secondary N) is 1. The lowest BCUT2D eigenvalue weighted by Crippen LogP contribution is -2.25. The molecule has 3 rings (SSSR count). The van der Waals surface area contributed by atoms with Gasteiger partial charge in [-0.15, -0.1) is 0 Å². The summed E-state index contributed by atoms with van der Waals surface area (Å²) in [5, 5.41) is 3.53. The molecule has 0 radical (unpaired) electrons. The zero-order valence-electron chi connectivity index (χ0n) is 16.7. The van der Waals surface area contributed by atoms with Crippen LogP contribution in [0.2, 0.25) is 0 Å². The largest absolute Gasteiger partial charge is 0.366 e. The first-order valence-corrected chi connectivity index (χ1v) is 9.83. The number of benzene rings is 2. The smallest absolute Gasteiger partial charge is 0.248 e. The van der Waals surface area contributed by atoms with Crippen LogP contribution in [0.3, 0.4) is 0 Å². The van der Waals surface area contributed by atoms with Crippen LogP contribution in [-0.2, 0) is 13.0 Å². The maximum atomic E-state index is 11.4. The molecule has 4 nitrogen and oxygen atoms in total. The zero-order chi connectivity index (χ0) is 19.4. The molecule has 0 aromatic heterocycles. The van der Waals surface area contributed by atoms with Crippen molar-refractivity contribution in [2.45, 2.75) is 46.6 Å². The lowest BCUT2D eigenvalue weighted by Gasteiger charge is -2.31. The van der Waals surface area contributed by atoms with E-state index in [1.165, 1.54) is 28.9 Å². The molecule has 2 aromatic carbocycles. The topological polar surface area (TPSA) is 58.4 Å².